The highest BCUT2D eigenvalue weighted by atomic mass is 16.2. The average Bonchev–Trinajstić information content (AvgIpc) is 3.12. The molecule has 0 atom stereocenters. The van der Waals surface area contributed by atoms with E-state index in [2.05, 4.69) is 15.5 Å². The van der Waals surface area contributed by atoms with E-state index in [1.54, 1.807) is 4.90 Å². The lowest BCUT2D eigenvalue weighted by Gasteiger charge is -2.28. The number of carbonyl (C=O) groups is 2. The van der Waals surface area contributed by atoms with Crippen LogP contribution in [0.4, 0.5) is 0 Å². The van der Waals surface area contributed by atoms with Gasteiger partial charge in [0.05, 0.1) is 6.54 Å². The van der Waals surface area contributed by atoms with Crippen LogP contribution in [0.1, 0.15) is 58.9 Å². The third-order valence-electron chi connectivity index (χ3n) is 5.20. The number of rotatable bonds is 3. The maximum absolute atomic E-state index is 12.6. The second kappa shape index (κ2) is 7.27. The Morgan fingerprint density at radius 1 is 1.00 bits per heavy atom. The van der Waals surface area contributed by atoms with Crippen LogP contribution in [0.25, 0.3) is 0 Å². The number of fused-ring (bicyclic) bond motifs is 1. The van der Waals surface area contributed by atoms with E-state index in [1.807, 2.05) is 34.9 Å². The topological polar surface area (TPSA) is 80.1 Å². The minimum Gasteiger partial charge on any atom is -0.347 e. The van der Waals surface area contributed by atoms with Gasteiger partial charge in [0.25, 0.3) is 11.8 Å². The van der Waals surface area contributed by atoms with Gasteiger partial charge in [-0.15, -0.1) is 10.2 Å². The zero-order chi connectivity index (χ0) is 17.9. The SMILES string of the molecule is O=C(NC1CCCCC1)c1nnc2n1CCN(C(=O)c1ccccc1)C2. The molecular weight excluding hydrogens is 330 g/mol. The zero-order valence-corrected chi connectivity index (χ0v) is 14.7. The molecule has 1 aliphatic carbocycles. The Hall–Kier alpha value is -2.70. The fraction of sp³-hybridized carbons (Fsp3) is 0.474. The monoisotopic (exact) mass is 353 g/mol. The van der Waals surface area contributed by atoms with Crippen LogP contribution in [0.3, 0.4) is 0 Å². The Morgan fingerprint density at radius 2 is 1.77 bits per heavy atom. The third-order valence-corrected chi connectivity index (χ3v) is 5.20. The minimum atomic E-state index is -0.154. The van der Waals surface area contributed by atoms with Gasteiger partial charge < -0.3 is 14.8 Å². The molecular formula is C19H23N5O2. The van der Waals surface area contributed by atoms with Crippen LogP contribution in [0, 0.1) is 0 Å². The Balaban J connectivity index is 1.45. The maximum Gasteiger partial charge on any atom is 0.289 e. The number of aromatic nitrogens is 3. The normalized spacial score (nSPS) is 17.6. The zero-order valence-electron chi connectivity index (χ0n) is 14.7. The van der Waals surface area contributed by atoms with Crippen molar-refractivity contribution in [2.45, 2.75) is 51.2 Å². The Morgan fingerprint density at radius 3 is 2.54 bits per heavy atom. The van der Waals surface area contributed by atoms with Gasteiger partial charge in [-0.3, -0.25) is 9.59 Å². The Kier molecular flexibility index (Phi) is 4.69. The molecule has 1 saturated carbocycles. The summed E-state index contributed by atoms with van der Waals surface area (Å²) in [5.41, 5.74) is 0.663. The predicted molar refractivity (Wildman–Crippen MR) is 95.5 cm³/mol. The largest absolute Gasteiger partial charge is 0.347 e. The highest BCUT2D eigenvalue weighted by Gasteiger charge is 2.28. The summed E-state index contributed by atoms with van der Waals surface area (Å²) >= 11 is 0. The minimum absolute atomic E-state index is 0.0203. The number of nitrogens with one attached hydrogen (secondary N) is 1. The van der Waals surface area contributed by atoms with Gasteiger partial charge >= 0.3 is 0 Å². The van der Waals surface area contributed by atoms with Crippen molar-refractivity contribution in [3.05, 3.63) is 47.5 Å². The number of hydrogen-bond acceptors (Lipinski definition) is 4. The van der Waals surface area contributed by atoms with Crippen LogP contribution in [0.5, 0.6) is 0 Å². The van der Waals surface area contributed by atoms with E-state index in [0.29, 0.717) is 36.8 Å². The molecule has 7 heteroatoms. The van der Waals surface area contributed by atoms with Crippen molar-refractivity contribution < 1.29 is 9.59 Å². The van der Waals surface area contributed by atoms with Crippen molar-refractivity contribution in [2.24, 2.45) is 0 Å². The van der Waals surface area contributed by atoms with Gasteiger partial charge in [-0.1, -0.05) is 37.5 Å². The number of hydrogen-bond donors (Lipinski definition) is 1. The highest BCUT2D eigenvalue weighted by molar-refractivity contribution is 5.94. The van der Waals surface area contributed by atoms with Gasteiger partial charge in [-0.05, 0) is 25.0 Å². The molecule has 2 aliphatic rings. The summed E-state index contributed by atoms with van der Waals surface area (Å²) in [5, 5.41) is 11.3. The molecule has 1 aromatic heterocycles. The summed E-state index contributed by atoms with van der Waals surface area (Å²) in [6.07, 6.45) is 5.65. The summed E-state index contributed by atoms with van der Waals surface area (Å²) in [6, 6.07) is 9.46. The van der Waals surface area contributed by atoms with E-state index in [-0.39, 0.29) is 17.9 Å². The molecule has 1 fully saturated rings. The van der Waals surface area contributed by atoms with Crippen LogP contribution in [0.15, 0.2) is 30.3 Å². The molecule has 2 amide bonds. The van der Waals surface area contributed by atoms with Crippen LogP contribution in [-0.2, 0) is 13.1 Å². The molecule has 2 heterocycles. The molecule has 0 bridgehead atoms. The lowest BCUT2D eigenvalue weighted by Crippen LogP contribution is -2.41. The smallest absolute Gasteiger partial charge is 0.289 e. The molecule has 0 radical (unpaired) electrons. The van der Waals surface area contributed by atoms with E-state index in [0.717, 1.165) is 12.8 Å². The van der Waals surface area contributed by atoms with Crippen molar-refractivity contribution in [1.82, 2.24) is 25.0 Å². The quantitative estimate of drug-likeness (QED) is 0.915. The standard InChI is InChI=1S/C19H23N5O2/c25-18(20-15-9-5-2-6-10-15)17-22-21-16-13-23(11-12-24(16)17)19(26)14-7-3-1-4-8-14/h1,3-4,7-8,15H,2,5-6,9-13H2,(H,20,25). The van der Waals surface area contributed by atoms with Crippen LogP contribution >= 0.6 is 0 Å². The summed E-state index contributed by atoms with van der Waals surface area (Å²) in [4.78, 5) is 26.9. The van der Waals surface area contributed by atoms with Crippen LogP contribution in [0.2, 0.25) is 0 Å². The van der Waals surface area contributed by atoms with Gasteiger partial charge in [0.1, 0.15) is 0 Å². The molecule has 136 valence electrons. The number of amides is 2. The lowest BCUT2D eigenvalue weighted by molar-refractivity contribution is 0.0705. The molecule has 2 aromatic rings. The number of carbonyl (C=O) groups excluding carboxylic acids is 2. The Labute approximate surface area is 152 Å². The van der Waals surface area contributed by atoms with Gasteiger partial charge in [-0.25, -0.2) is 0 Å². The molecule has 1 N–H and O–H groups in total. The molecule has 1 aliphatic heterocycles. The molecule has 1 aromatic carbocycles. The second-order valence-electron chi connectivity index (χ2n) is 6.99. The molecule has 0 spiro atoms. The van der Waals surface area contributed by atoms with Crippen LogP contribution in [-0.4, -0.2) is 44.1 Å². The maximum atomic E-state index is 12.6. The third kappa shape index (κ3) is 3.34. The first-order valence-electron chi connectivity index (χ1n) is 9.29. The van der Waals surface area contributed by atoms with Crippen LogP contribution < -0.4 is 5.32 Å². The van der Waals surface area contributed by atoms with E-state index >= 15 is 0 Å². The Bertz CT molecular complexity index is 796. The van der Waals surface area contributed by atoms with Crippen molar-refractivity contribution in [3.8, 4) is 0 Å². The van der Waals surface area contributed by atoms with Gasteiger partial charge in [-0.2, -0.15) is 0 Å². The number of benzene rings is 1. The average molecular weight is 353 g/mol. The molecule has 7 nitrogen and oxygen atoms in total. The second-order valence-corrected chi connectivity index (χ2v) is 6.99. The van der Waals surface area contributed by atoms with Crippen molar-refractivity contribution >= 4 is 11.8 Å². The van der Waals surface area contributed by atoms with Crippen molar-refractivity contribution in [3.63, 3.8) is 0 Å². The van der Waals surface area contributed by atoms with E-state index in [9.17, 15) is 9.59 Å². The van der Waals surface area contributed by atoms with Gasteiger partial charge in [0.2, 0.25) is 5.82 Å². The molecule has 0 unspecified atom stereocenters. The lowest BCUT2D eigenvalue weighted by atomic mass is 9.95. The summed E-state index contributed by atoms with van der Waals surface area (Å²) in [7, 11) is 0. The first kappa shape index (κ1) is 16.8. The molecule has 0 saturated heterocycles. The molecule has 26 heavy (non-hydrogen) atoms. The van der Waals surface area contributed by atoms with E-state index in [1.165, 1.54) is 19.3 Å². The first-order chi connectivity index (χ1) is 12.7. The van der Waals surface area contributed by atoms with Crippen molar-refractivity contribution in [1.29, 1.82) is 0 Å². The fourth-order valence-corrected chi connectivity index (χ4v) is 3.76. The summed E-state index contributed by atoms with van der Waals surface area (Å²) in [6.45, 7) is 1.45. The van der Waals surface area contributed by atoms with Crippen molar-refractivity contribution in [2.75, 3.05) is 6.54 Å². The summed E-state index contributed by atoms with van der Waals surface area (Å²) in [5.74, 6) is 0.846. The van der Waals surface area contributed by atoms with Gasteiger partial charge in [0, 0.05) is 24.7 Å². The highest BCUT2D eigenvalue weighted by Crippen LogP contribution is 2.19. The number of nitrogens with zero attached hydrogens (tertiary/aromatic N) is 4. The summed E-state index contributed by atoms with van der Waals surface area (Å²) < 4.78 is 1.84. The van der Waals surface area contributed by atoms with Gasteiger partial charge in [0.15, 0.2) is 5.82 Å². The first-order valence-corrected chi connectivity index (χ1v) is 9.29. The van der Waals surface area contributed by atoms with E-state index in [4.69, 9.17) is 0 Å². The molecule has 4 rings (SSSR count). The fourth-order valence-electron chi connectivity index (χ4n) is 3.76. The predicted octanol–water partition coefficient (Wildman–Crippen LogP) is 2.00. The van der Waals surface area contributed by atoms with E-state index < -0.39 is 0 Å².